The number of aliphatic carboxylic acids is 1. The molecule has 1 rings (SSSR count). The molecule has 0 saturated heterocycles. The molecule has 0 spiro atoms. The Balaban J connectivity index is 0.000000265. The van der Waals surface area contributed by atoms with Crippen molar-refractivity contribution in [2.45, 2.75) is 6.18 Å². The third-order valence-corrected chi connectivity index (χ3v) is 0.824. The van der Waals surface area contributed by atoms with E-state index in [0.717, 1.165) is 6.39 Å². The van der Waals surface area contributed by atoms with Gasteiger partial charge in [0.15, 0.2) is 0 Å². The van der Waals surface area contributed by atoms with Crippen LogP contribution in [-0.2, 0) is 4.79 Å². The van der Waals surface area contributed by atoms with Gasteiger partial charge < -0.3 is 15.4 Å². The summed E-state index contributed by atoms with van der Waals surface area (Å²) in [6.07, 6.45) is -4.04. The van der Waals surface area contributed by atoms with E-state index >= 15 is 0 Å². The molecule has 0 fully saturated rings. The second kappa shape index (κ2) is 4.93. The molecule has 1 heterocycles. The molecule has 84 valence electrons. The van der Waals surface area contributed by atoms with E-state index in [1.54, 1.807) is 0 Å². The van der Waals surface area contributed by atoms with Crippen LogP contribution in [0.15, 0.2) is 10.9 Å². The lowest BCUT2D eigenvalue weighted by Crippen LogP contribution is -2.21. The number of hydrogen-bond donors (Lipinski definition) is 2. The maximum Gasteiger partial charge on any atom is 0.490 e. The van der Waals surface area contributed by atoms with E-state index in [4.69, 9.17) is 15.6 Å². The van der Waals surface area contributed by atoms with Crippen molar-refractivity contribution in [1.29, 1.82) is 0 Å². The quantitative estimate of drug-likeness (QED) is 0.685. The number of primary amides is 1. The van der Waals surface area contributed by atoms with E-state index in [-0.39, 0.29) is 5.82 Å². The molecule has 0 radical (unpaired) electrons. The maximum atomic E-state index is 10.6. The molecule has 0 aromatic carbocycles. The fourth-order valence-corrected chi connectivity index (χ4v) is 0.279. The number of rotatable bonds is 1. The third kappa shape index (κ3) is 5.23. The Bertz CT molecular complexity index is 334. The Labute approximate surface area is 79.7 Å². The Morgan fingerprint density at radius 2 is 1.93 bits per heavy atom. The number of carbonyl (C=O) groups is 2. The van der Waals surface area contributed by atoms with Gasteiger partial charge in [-0.1, -0.05) is 5.16 Å². The lowest BCUT2D eigenvalue weighted by atomic mass is 10.6. The number of alkyl halides is 3. The van der Waals surface area contributed by atoms with E-state index in [2.05, 4.69) is 14.7 Å². The molecule has 3 N–H and O–H groups in total. The first kappa shape index (κ1) is 12.9. The molecular formula is C5H4F3N3O4. The summed E-state index contributed by atoms with van der Waals surface area (Å²) in [5.41, 5.74) is 4.73. The molecule has 0 unspecified atom stereocenters. The molecule has 0 aliphatic rings. The van der Waals surface area contributed by atoms with Gasteiger partial charge in [0.2, 0.25) is 6.39 Å². The smallest absolute Gasteiger partial charge is 0.475 e. The zero-order chi connectivity index (χ0) is 12.1. The van der Waals surface area contributed by atoms with Crippen LogP contribution >= 0.6 is 0 Å². The van der Waals surface area contributed by atoms with Crippen LogP contribution < -0.4 is 5.73 Å². The topological polar surface area (TPSA) is 119 Å². The summed E-state index contributed by atoms with van der Waals surface area (Å²) in [6, 6.07) is 0. The van der Waals surface area contributed by atoms with Crippen molar-refractivity contribution in [3.05, 3.63) is 12.2 Å². The number of hydrogen-bond acceptors (Lipinski definition) is 5. The van der Waals surface area contributed by atoms with E-state index in [0.29, 0.717) is 0 Å². The molecule has 0 aliphatic heterocycles. The highest BCUT2D eigenvalue weighted by atomic mass is 19.4. The first-order chi connectivity index (χ1) is 6.75. The summed E-state index contributed by atoms with van der Waals surface area (Å²) in [4.78, 5) is 22.4. The summed E-state index contributed by atoms with van der Waals surface area (Å²) >= 11 is 0. The van der Waals surface area contributed by atoms with Gasteiger partial charge in [-0.25, -0.2) is 4.79 Å². The van der Waals surface area contributed by atoms with Crippen LogP contribution in [0.2, 0.25) is 0 Å². The highest BCUT2D eigenvalue weighted by molar-refractivity contribution is 5.88. The van der Waals surface area contributed by atoms with Crippen LogP contribution in [0.5, 0.6) is 0 Å². The van der Waals surface area contributed by atoms with Gasteiger partial charge in [0.25, 0.3) is 11.7 Å². The lowest BCUT2D eigenvalue weighted by Gasteiger charge is -1.93. The Morgan fingerprint density at radius 3 is 2.07 bits per heavy atom. The van der Waals surface area contributed by atoms with Gasteiger partial charge in [-0.15, -0.1) is 0 Å². The minimum absolute atomic E-state index is 0.0926. The van der Waals surface area contributed by atoms with Crippen LogP contribution in [-0.4, -0.2) is 33.3 Å². The molecular weight excluding hydrogens is 223 g/mol. The first-order valence-corrected chi connectivity index (χ1v) is 3.11. The van der Waals surface area contributed by atoms with Gasteiger partial charge in [0, 0.05) is 0 Å². The Kier molecular flexibility index (Phi) is 4.23. The van der Waals surface area contributed by atoms with Crippen molar-refractivity contribution in [3.63, 3.8) is 0 Å². The number of carbonyl (C=O) groups excluding carboxylic acids is 1. The van der Waals surface area contributed by atoms with Crippen molar-refractivity contribution in [3.8, 4) is 0 Å². The van der Waals surface area contributed by atoms with E-state index < -0.39 is 18.1 Å². The second-order valence-electron chi connectivity index (χ2n) is 1.92. The molecule has 15 heavy (non-hydrogen) atoms. The summed E-state index contributed by atoms with van der Waals surface area (Å²) in [5, 5.41) is 10.3. The normalized spacial score (nSPS) is 10.1. The third-order valence-electron chi connectivity index (χ3n) is 0.824. The predicted octanol–water partition coefficient (Wildman–Crippen LogP) is -0.198. The minimum Gasteiger partial charge on any atom is -0.475 e. The summed E-state index contributed by atoms with van der Waals surface area (Å²) in [6.45, 7) is 0. The number of aromatic nitrogens is 2. The van der Waals surface area contributed by atoms with Gasteiger partial charge in [-0.3, -0.25) is 4.79 Å². The summed E-state index contributed by atoms with van der Waals surface area (Å²) in [5.74, 6) is -3.53. The van der Waals surface area contributed by atoms with Gasteiger partial charge in [-0.2, -0.15) is 18.2 Å². The average Bonchev–Trinajstić information content (AvgIpc) is 2.54. The number of halogens is 3. The van der Waals surface area contributed by atoms with Gasteiger partial charge in [0.05, 0.1) is 0 Å². The van der Waals surface area contributed by atoms with Crippen molar-refractivity contribution in [2.24, 2.45) is 5.73 Å². The zero-order valence-corrected chi connectivity index (χ0v) is 6.85. The molecule has 1 amide bonds. The second-order valence-corrected chi connectivity index (χ2v) is 1.92. The first-order valence-electron chi connectivity index (χ1n) is 3.11. The number of carboxylic acids is 1. The maximum absolute atomic E-state index is 10.6. The monoisotopic (exact) mass is 227 g/mol. The SMILES string of the molecule is NC(=O)c1ncon1.O=C(O)C(F)(F)F. The molecule has 0 saturated carbocycles. The number of amides is 1. The zero-order valence-electron chi connectivity index (χ0n) is 6.85. The molecule has 7 nitrogen and oxygen atoms in total. The van der Waals surface area contributed by atoms with Crippen molar-refractivity contribution in [1.82, 2.24) is 10.1 Å². The van der Waals surface area contributed by atoms with Crippen molar-refractivity contribution in [2.75, 3.05) is 0 Å². The van der Waals surface area contributed by atoms with E-state index in [1.807, 2.05) is 0 Å². The largest absolute Gasteiger partial charge is 0.490 e. The molecule has 0 bridgehead atoms. The molecule has 0 aliphatic carbocycles. The van der Waals surface area contributed by atoms with Crippen molar-refractivity contribution < 1.29 is 32.4 Å². The van der Waals surface area contributed by atoms with Crippen LogP contribution in [0.25, 0.3) is 0 Å². The highest BCUT2D eigenvalue weighted by Gasteiger charge is 2.38. The average molecular weight is 227 g/mol. The molecule has 10 heteroatoms. The Morgan fingerprint density at radius 1 is 1.47 bits per heavy atom. The summed E-state index contributed by atoms with van der Waals surface area (Å²) in [7, 11) is 0. The van der Waals surface area contributed by atoms with Crippen molar-refractivity contribution >= 4 is 11.9 Å². The molecule has 1 aromatic heterocycles. The van der Waals surface area contributed by atoms with E-state index in [9.17, 15) is 18.0 Å². The highest BCUT2D eigenvalue weighted by Crippen LogP contribution is 2.13. The predicted molar refractivity (Wildman–Crippen MR) is 36.5 cm³/mol. The van der Waals surface area contributed by atoms with Gasteiger partial charge in [-0.05, 0) is 0 Å². The summed E-state index contributed by atoms with van der Waals surface area (Å²) < 4.78 is 35.9. The molecule has 1 aromatic rings. The number of nitrogens with zero attached hydrogens (tertiary/aromatic N) is 2. The van der Waals surface area contributed by atoms with Gasteiger partial charge >= 0.3 is 12.1 Å². The fraction of sp³-hybridized carbons (Fsp3) is 0.200. The van der Waals surface area contributed by atoms with E-state index in [1.165, 1.54) is 0 Å². The number of carboxylic acid groups (broad SMARTS) is 1. The lowest BCUT2D eigenvalue weighted by molar-refractivity contribution is -0.192. The van der Waals surface area contributed by atoms with Crippen LogP contribution in [0.3, 0.4) is 0 Å². The molecule has 0 atom stereocenters. The minimum atomic E-state index is -5.08. The standard InChI is InChI=1S/C3H3N3O2.C2HF3O2/c4-2(7)3-5-1-8-6-3;3-2(4,5)1(6)7/h1H,(H2,4,7);(H,6,7). The van der Waals surface area contributed by atoms with Crippen LogP contribution in [0.1, 0.15) is 10.6 Å². The van der Waals surface area contributed by atoms with Crippen LogP contribution in [0, 0.1) is 0 Å². The Hall–Kier alpha value is -2.13. The fourth-order valence-electron chi connectivity index (χ4n) is 0.279. The van der Waals surface area contributed by atoms with Gasteiger partial charge in [0.1, 0.15) is 0 Å². The number of nitrogens with two attached hydrogens (primary N) is 1. The van der Waals surface area contributed by atoms with Crippen LogP contribution in [0.4, 0.5) is 13.2 Å².